The van der Waals surface area contributed by atoms with E-state index in [1.165, 1.54) is 6.92 Å². The molecule has 0 aliphatic heterocycles. The number of aliphatic imine (C=N–C) groups is 1. The Hall–Kier alpha value is -3.22. The van der Waals surface area contributed by atoms with E-state index in [0.717, 1.165) is 23.5 Å². The van der Waals surface area contributed by atoms with Crippen LogP contribution in [0.3, 0.4) is 0 Å². The van der Waals surface area contributed by atoms with Crippen LogP contribution in [0.2, 0.25) is 0 Å². The highest BCUT2D eigenvalue weighted by atomic mass is 16.5. The Labute approximate surface area is 166 Å². The van der Waals surface area contributed by atoms with E-state index in [1.807, 2.05) is 56.3 Å². The van der Waals surface area contributed by atoms with Gasteiger partial charge in [-0.1, -0.05) is 12.1 Å². The largest absolute Gasteiger partial charge is 0.493 e. The lowest BCUT2D eigenvalue weighted by Crippen LogP contribution is -2.30. The first kappa shape index (κ1) is 21.1. The van der Waals surface area contributed by atoms with Crippen molar-refractivity contribution in [1.29, 1.82) is 0 Å². The molecule has 3 N–H and O–H groups in total. The average molecular weight is 384 g/mol. The maximum atomic E-state index is 11.2. The zero-order valence-electron chi connectivity index (χ0n) is 16.8. The number of nitrogens with zero attached hydrogens (tertiary/aromatic N) is 1. The number of ether oxygens (including phenoxy) is 2. The number of methoxy groups -OCH3 is 1. The molecule has 0 spiro atoms. The Kier molecular flexibility index (Phi) is 8.14. The molecule has 0 aliphatic rings. The quantitative estimate of drug-likeness (QED) is 0.478. The first-order valence-electron chi connectivity index (χ1n) is 9.28. The predicted octanol–water partition coefficient (Wildman–Crippen LogP) is 3.63. The van der Waals surface area contributed by atoms with Gasteiger partial charge in [0.1, 0.15) is 0 Å². The number of rotatable bonds is 8. The highest BCUT2D eigenvalue weighted by Crippen LogP contribution is 2.30. The molecule has 0 radical (unpaired) electrons. The normalized spacial score (nSPS) is 10.9. The molecule has 150 valence electrons. The molecule has 0 aromatic heterocycles. The van der Waals surface area contributed by atoms with E-state index in [1.54, 1.807) is 7.11 Å². The summed E-state index contributed by atoms with van der Waals surface area (Å²) in [6.07, 6.45) is 0. The van der Waals surface area contributed by atoms with Crippen LogP contribution in [0.1, 0.15) is 26.3 Å². The van der Waals surface area contributed by atoms with Crippen LogP contribution < -0.4 is 25.4 Å². The summed E-state index contributed by atoms with van der Waals surface area (Å²) in [6, 6.07) is 13.3. The van der Waals surface area contributed by atoms with E-state index in [2.05, 4.69) is 20.9 Å². The van der Waals surface area contributed by atoms with E-state index < -0.39 is 0 Å². The van der Waals surface area contributed by atoms with Crippen molar-refractivity contribution in [2.45, 2.75) is 27.3 Å². The van der Waals surface area contributed by atoms with Crippen LogP contribution in [-0.2, 0) is 11.3 Å². The monoisotopic (exact) mass is 384 g/mol. The average Bonchev–Trinajstić information content (AvgIpc) is 2.67. The molecule has 0 saturated carbocycles. The molecule has 0 saturated heterocycles. The van der Waals surface area contributed by atoms with Gasteiger partial charge in [0.05, 0.1) is 20.3 Å². The van der Waals surface area contributed by atoms with Gasteiger partial charge in [0, 0.05) is 30.9 Å². The Balaban J connectivity index is 2.13. The molecule has 0 atom stereocenters. The smallest absolute Gasteiger partial charge is 0.221 e. The van der Waals surface area contributed by atoms with Crippen LogP contribution in [-0.4, -0.2) is 32.1 Å². The van der Waals surface area contributed by atoms with Crippen molar-refractivity contribution in [2.75, 3.05) is 30.9 Å². The van der Waals surface area contributed by atoms with Gasteiger partial charge in [-0.2, -0.15) is 0 Å². The summed E-state index contributed by atoms with van der Waals surface area (Å²) in [5.41, 5.74) is 2.59. The summed E-state index contributed by atoms with van der Waals surface area (Å²) >= 11 is 0. The predicted molar refractivity (Wildman–Crippen MR) is 113 cm³/mol. The summed E-state index contributed by atoms with van der Waals surface area (Å²) in [5, 5.41) is 9.28. The van der Waals surface area contributed by atoms with Crippen molar-refractivity contribution < 1.29 is 14.3 Å². The van der Waals surface area contributed by atoms with Crippen molar-refractivity contribution in [3.8, 4) is 11.5 Å². The Morgan fingerprint density at radius 2 is 1.82 bits per heavy atom. The third kappa shape index (κ3) is 6.50. The number of guanidine groups is 1. The van der Waals surface area contributed by atoms with Gasteiger partial charge in [0.25, 0.3) is 0 Å². The molecule has 2 rings (SSSR count). The molecule has 0 bridgehead atoms. The number of hydrogen-bond acceptors (Lipinski definition) is 4. The van der Waals surface area contributed by atoms with Crippen LogP contribution in [0.25, 0.3) is 0 Å². The summed E-state index contributed by atoms with van der Waals surface area (Å²) < 4.78 is 10.9. The minimum Gasteiger partial charge on any atom is -0.493 e. The number of carbonyl (C=O) groups is 1. The maximum absolute atomic E-state index is 11.2. The molecule has 28 heavy (non-hydrogen) atoms. The van der Waals surface area contributed by atoms with Gasteiger partial charge in [0.2, 0.25) is 5.91 Å². The van der Waals surface area contributed by atoms with Gasteiger partial charge in [-0.15, -0.1) is 0 Å². The van der Waals surface area contributed by atoms with Crippen molar-refractivity contribution in [1.82, 2.24) is 5.32 Å². The second-order valence-electron chi connectivity index (χ2n) is 6.00. The van der Waals surface area contributed by atoms with Gasteiger partial charge < -0.3 is 25.4 Å². The van der Waals surface area contributed by atoms with Gasteiger partial charge in [-0.3, -0.25) is 4.79 Å². The molecular weight excluding hydrogens is 356 g/mol. The Morgan fingerprint density at radius 1 is 1.04 bits per heavy atom. The zero-order valence-corrected chi connectivity index (χ0v) is 16.8. The van der Waals surface area contributed by atoms with Crippen LogP contribution in [0, 0.1) is 0 Å². The molecule has 2 aromatic carbocycles. The number of hydrogen-bond donors (Lipinski definition) is 3. The molecule has 0 heterocycles. The summed E-state index contributed by atoms with van der Waals surface area (Å²) in [7, 11) is 1.61. The SMILES string of the molecule is CCNC(=NCc1cccc(NC(C)=O)c1)Nc1ccc(OCC)c(OC)c1. The van der Waals surface area contributed by atoms with E-state index in [4.69, 9.17) is 9.47 Å². The first-order valence-corrected chi connectivity index (χ1v) is 9.28. The minimum atomic E-state index is -0.0971. The lowest BCUT2D eigenvalue weighted by atomic mass is 10.2. The van der Waals surface area contributed by atoms with Crippen molar-refractivity contribution in [3.63, 3.8) is 0 Å². The van der Waals surface area contributed by atoms with Gasteiger partial charge >= 0.3 is 0 Å². The van der Waals surface area contributed by atoms with Crippen LogP contribution >= 0.6 is 0 Å². The lowest BCUT2D eigenvalue weighted by molar-refractivity contribution is -0.114. The zero-order chi connectivity index (χ0) is 20.4. The van der Waals surface area contributed by atoms with Gasteiger partial charge in [-0.25, -0.2) is 4.99 Å². The molecular formula is C21H28N4O3. The molecule has 0 unspecified atom stereocenters. The maximum Gasteiger partial charge on any atom is 0.221 e. The number of nitrogens with one attached hydrogen (secondary N) is 3. The van der Waals surface area contributed by atoms with E-state index in [9.17, 15) is 4.79 Å². The third-order valence-electron chi connectivity index (χ3n) is 3.74. The van der Waals surface area contributed by atoms with Crippen LogP contribution in [0.5, 0.6) is 11.5 Å². The van der Waals surface area contributed by atoms with Gasteiger partial charge in [0.15, 0.2) is 17.5 Å². The Morgan fingerprint density at radius 3 is 2.50 bits per heavy atom. The van der Waals surface area contributed by atoms with Crippen molar-refractivity contribution >= 4 is 23.2 Å². The van der Waals surface area contributed by atoms with Crippen LogP contribution in [0.15, 0.2) is 47.5 Å². The van der Waals surface area contributed by atoms with Crippen LogP contribution in [0.4, 0.5) is 11.4 Å². The molecule has 7 heteroatoms. The summed E-state index contributed by atoms with van der Waals surface area (Å²) in [6.45, 7) is 7.20. The summed E-state index contributed by atoms with van der Waals surface area (Å²) in [5.74, 6) is 1.91. The topological polar surface area (TPSA) is 84.0 Å². The second-order valence-corrected chi connectivity index (χ2v) is 6.00. The van der Waals surface area contributed by atoms with E-state index in [-0.39, 0.29) is 5.91 Å². The molecule has 0 aliphatic carbocycles. The Bertz CT molecular complexity index is 821. The first-order chi connectivity index (χ1) is 13.5. The van der Waals surface area contributed by atoms with Crippen molar-refractivity contribution in [2.24, 2.45) is 4.99 Å². The second kappa shape index (κ2) is 10.8. The van der Waals surface area contributed by atoms with Gasteiger partial charge in [-0.05, 0) is 43.7 Å². The minimum absolute atomic E-state index is 0.0971. The highest BCUT2D eigenvalue weighted by molar-refractivity contribution is 5.94. The lowest BCUT2D eigenvalue weighted by Gasteiger charge is -2.14. The summed E-state index contributed by atoms with van der Waals surface area (Å²) in [4.78, 5) is 15.8. The third-order valence-corrected chi connectivity index (χ3v) is 3.74. The van der Waals surface area contributed by atoms with Crippen molar-refractivity contribution in [3.05, 3.63) is 48.0 Å². The fourth-order valence-electron chi connectivity index (χ4n) is 2.58. The van der Waals surface area contributed by atoms with E-state index in [0.29, 0.717) is 30.6 Å². The van der Waals surface area contributed by atoms with E-state index >= 15 is 0 Å². The number of amides is 1. The standard InChI is InChI=1S/C21H28N4O3/c1-5-22-21(23-14-16-8-7-9-17(12-16)24-15(3)26)25-18-10-11-19(28-6-2)20(13-18)27-4/h7-13H,5-6,14H2,1-4H3,(H,24,26)(H2,22,23,25). The number of benzene rings is 2. The number of carbonyl (C=O) groups excluding carboxylic acids is 1. The highest BCUT2D eigenvalue weighted by Gasteiger charge is 2.07. The fraction of sp³-hybridized carbons (Fsp3) is 0.333. The fourth-order valence-corrected chi connectivity index (χ4v) is 2.58. The molecule has 1 amide bonds. The number of anilines is 2. The molecule has 7 nitrogen and oxygen atoms in total. The molecule has 0 fully saturated rings. The molecule has 2 aromatic rings.